The normalized spacial score (nSPS) is 15.1. The summed E-state index contributed by atoms with van der Waals surface area (Å²) in [7, 11) is 0. The van der Waals surface area contributed by atoms with Crippen LogP contribution in [0.4, 0.5) is 24.8 Å². The van der Waals surface area contributed by atoms with Crippen LogP contribution in [0.3, 0.4) is 0 Å². The molecular weight excluding hydrogens is 383 g/mol. The molecule has 4 rings (SSSR count). The highest BCUT2D eigenvalue weighted by Gasteiger charge is 2.34. The summed E-state index contributed by atoms with van der Waals surface area (Å²) >= 11 is 0. The molecule has 3 aromatic rings. The summed E-state index contributed by atoms with van der Waals surface area (Å²) in [5, 5.41) is 4.28. The van der Waals surface area contributed by atoms with E-state index in [9.17, 15) is 13.2 Å². The minimum Gasteiger partial charge on any atom is -0.353 e. The summed E-state index contributed by atoms with van der Waals surface area (Å²) in [5.41, 5.74) is 0.135. The topological polar surface area (TPSA) is 63.0 Å². The average Bonchev–Trinajstić information content (AvgIpc) is 3.13. The third kappa shape index (κ3) is 4.15. The van der Waals surface area contributed by atoms with Gasteiger partial charge in [0.1, 0.15) is 23.2 Å². The van der Waals surface area contributed by atoms with Crippen LogP contribution in [0.2, 0.25) is 0 Å². The summed E-state index contributed by atoms with van der Waals surface area (Å²) in [6.45, 7) is 5.77. The van der Waals surface area contributed by atoms with Gasteiger partial charge in [0.2, 0.25) is 0 Å². The number of hydrogen-bond acceptors (Lipinski definition) is 6. The maximum atomic E-state index is 13.0. The molecule has 7 nitrogen and oxygen atoms in total. The first-order valence-electron chi connectivity index (χ1n) is 9.21. The molecule has 1 fully saturated rings. The largest absolute Gasteiger partial charge is 0.433 e. The summed E-state index contributed by atoms with van der Waals surface area (Å²) in [6.07, 6.45) is -0.814. The number of aryl methyl sites for hydroxylation is 2. The Kier molecular flexibility index (Phi) is 4.85. The van der Waals surface area contributed by atoms with E-state index in [4.69, 9.17) is 0 Å². The molecule has 0 spiro atoms. The molecular formula is C19H20F3N7. The number of nitrogens with zero attached hydrogens (tertiary/aromatic N) is 7. The summed E-state index contributed by atoms with van der Waals surface area (Å²) < 4.78 is 40.9. The molecule has 0 saturated carbocycles. The Bertz CT molecular complexity index is 1010. The fraction of sp³-hybridized carbons (Fsp3) is 0.368. The van der Waals surface area contributed by atoms with Crippen molar-refractivity contribution in [2.45, 2.75) is 20.0 Å². The molecule has 0 unspecified atom stereocenters. The lowest BCUT2D eigenvalue weighted by molar-refractivity contribution is -0.141. The van der Waals surface area contributed by atoms with Gasteiger partial charge in [0.25, 0.3) is 0 Å². The van der Waals surface area contributed by atoms with Crippen LogP contribution in [-0.2, 0) is 6.18 Å². The Labute approximate surface area is 165 Å². The van der Waals surface area contributed by atoms with Crippen molar-refractivity contribution >= 4 is 11.6 Å². The molecule has 0 atom stereocenters. The van der Waals surface area contributed by atoms with Gasteiger partial charge < -0.3 is 9.80 Å². The van der Waals surface area contributed by atoms with Crippen LogP contribution in [0.1, 0.15) is 17.1 Å². The molecule has 29 heavy (non-hydrogen) atoms. The second kappa shape index (κ2) is 7.34. The Hall–Kier alpha value is -3.17. The lowest BCUT2D eigenvalue weighted by atomic mass is 10.2. The third-order valence-corrected chi connectivity index (χ3v) is 4.71. The lowest BCUT2D eigenvalue weighted by Gasteiger charge is -2.36. The highest BCUT2D eigenvalue weighted by Crippen LogP contribution is 2.30. The van der Waals surface area contributed by atoms with E-state index < -0.39 is 11.9 Å². The molecule has 3 aromatic heterocycles. The first-order valence-corrected chi connectivity index (χ1v) is 9.21. The second-order valence-electron chi connectivity index (χ2n) is 6.95. The number of alkyl halides is 3. The minimum absolute atomic E-state index is 0.112. The number of halogens is 3. The van der Waals surface area contributed by atoms with Crippen LogP contribution >= 0.6 is 0 Å². The first kappa shape index (κ1) is 19.2. The fourth-order valence-electron chi connectivity index (χ4n) is 3.28. The number of hydrogen-bond donors (Lipinski definition) is 0. The second-order valence-corrected chi connectivity index (χ2v) is 6.95. The molecule has 1 saturated heterocycles. The monoisotopic (exact) mass is 403 g/mol. The number of pyridine rings is 1. The molecule has 152 valence electrons. The van der Waals surface area contributed by atoms with Gasteiger partial charge >= 0.3 is 6.18 Å². The summed E-state index contributed by atoms with van der Waals surface area (Å²) in [4.78, 5) is 16.3. The van der Waals surface area contributed by atoms with Crippen LogP contribution in [-0.4, -0.2) is 50.9 Å². The molecule has 0 bridgehead atoms. The number of piperazine rings is 1. The highest BCUT2D eigenvalue weighted by atomic mass is 19.4. The van der Waals surface area contributed by atoms with E-state index in [1.807, 2.05) is 36.2 Å². The zero-order valence-corrected chi connectivity index (χ0v) is 16.1. The maximum Gasteiger partial charge on any atom is 0.433 e. The Balaban J connectivity index is 1.48. The Morgan fingerprint density at radius 2 is 1.52 bits per heavy atom. The lowest BCUT2D eigenvalue weighted by Crippen LogP contribution is -2.47. The summed E-state index contributed by atoms with van der Waals surface area (Å²) in [6, 6.07) is 6.74. The SMILES string of the molecule is Cc1cnn(-c2cccc(N3CCN(c4cc(C(F)(F)F)nc(C)n4)CC3)n2)c1. The summed E-state index contributed by atoms with van der Waals surface area (Å²) in [5.74, 6) is 1.95. The molecule has 1 aliphatic heterocycles. The van der Waals surface area contributed by atoms with Crippen LogP contribution in [0.15, 0.2) is 36.7 Å². The van der Waals surface area contributed by atoms with E-state index in [2.05, 4.69) is 25.0 Å². The van der Waals surface area contributed by atoms with Gasteiger partial charge in [-0.2, -0.15) is 18.3 Å². The van der Waals surface area contributed by atoms with Crippen molar-refractivity contribution in [1.82, 2.24) is 24.7 Å². The Morgan fingerprint density at radius 1 is 0.862 bits per heavy atom. The van der Waals surface area contributed by atoms with Gasteiger partial charge in [-0.25, -0.2) is 19.6 Å². The van der Waals surface area contributed by atoms with Gasteiger partial charge in [-0.1, -0.05) is 6.07 Å². The molecule has 0 aliphatic carbocycles. The molecule has 0 N–H and O–H groups in total. The van der Waals surface area contributed by atoms with Crippen molar-refractivity contribution in [2.75, 3.05) is 36.0 Å². The molecule has 0 radical (unpaired) electrons. The quantitative estimate of drug-likeness (QED) is 0.670. The van der Waals surface area contributed by atoms with Gasteiger partial charge in [-0.05, 0) is 31.5 Å². The van der Waals surface area contributed by atoms with E-state index in [1.165, 1.54) is 6.92 Å². The molecule has 1 aliphatic rings. The number of rotatable bonds is 3. The number of anilines is 2. The molecule has 0 amide bonds. The van der Waals surface area contributed by atoms with E-state index in [-0.39, 0.29) is 5.82 Å². The molecule has 10 heteroatoms. The van der Waals surface area contributed by atoms with Gasteiger partial charge in [0, 0.05) is 38.4 Å². The smallest absolute Gasteiger partial charge is 0.353 e. The van der Waals surface area contributed by atoms with E-state index >= 15 is 0 Å². The van der Waals surface area contributed by atoms with Crippen molar-refractivity contribution < 1.29 is 13.2 Å². The van der Waals surface area contributed by atoms with Crippen LogP contribution in [0.5, 0.6) is 0 Å². The Morgan fingerprint density at radius 3 is 2.14 bits per heavy atom. The molecule has 4 heterocycles. The third-order valence-electron chi connectivity index (χ3n) is 4.71. The van der Waals surface area contributed by atoms with Gasteiger partial charge in [0.15, 0.2) is 5.82 Å². The van der Waals surface area contributed by atoms with E-state index in [1.54, 1.807) is 10.9 Å². The van der Waals surface area contributed by atoms with E-state index in [0.29, 0.717) is 32.0 Å². The average molecular weight is 403 g/mol. The van der Waals surface area contributed by atoms with Crippen LogP contribution in [0, 0.1) is 13.8 Å². The van der Waals surface area contributed by atoms with Crippen molar-refractivity contribution in [2.24, 2.45) is 0 Å². The highest BCUT2D eigenvalue weighted by molar-refractivity contribution is 5.47. The fourth-order valence-corrected chi connectivity index (χ4v) is 3.28. The minimum atomic E-state index is -4.49. The van der Waals surface area contributed by atoms with Crippen LogP contribution in [0.25, 0.3) is 5.82 Å². The maximum absolute atomic E-state index is 13.0. The zero-order valence-electron chi connectivity index (χ0n) is 16.1. The molecule has 0 aromatic carbocycles. The van der Waals surface area contributed by atoms with Crippen molar-refractivity contribution in [3.05, 3.63) is 53.7 Å². The van der Waals surface area contributed by atoms with Gasteiger partial charge in [-0.15, -0.1) is 0 Å². The van der Waals surface area contributed by atoms with E-state index in [0.717, 1.165) is 23.3 Å². The zero-order chi connectivity index (χ0) is 20.6. The van der Waals surface area contributed by atoms with Crippen molar-refractivity contribution in [3.63, 3.8) is 0 Å². The number of aromatic nitrogens is 5. The first-order chi connectivity index (χ1) is 13.8. The van der Waals surface area contributed by atoms with Crippen molar-refractivity contribution in [3.8, 4) is 5.82 Å². The predicted octanol–water partition coefficient (Wildman–Crippen LogP) is 3.02. The van der Waals surface area contributed by atoms with Gasteiger partial charge in [-0.3, -0.25) is 0 Å². The standard InChI is InChI=1S/C19H20F3N7/c1-13-11-23-29(12-13)17-5-3-4-16(26-17)27-6-8-28(9-7-27)18-10-15(19(20,21)22)24-14(2)25-18/h3-5,10-12H,6-9H2,1-2H3. The van der Waals surface area contributed by atoms with Crippen molar-refractivity contribution in [1.29, 1.82) is 0 Å². The van der Waals surface area contributed by atoms with Gasteiger partial charge in [0.05, 0.1) is 6.20 Å². The van der Waals surface area contributed by atoms with Crippen LogP contribution < -0.4 is 9.80 Å². The predicted molar refractivity (Wildman–Crippen MR) is 102 cm³/mol.